The van der Waals surface area contributed by atoms with Crippen LogP contribution >= 0.6 is 0 Å². The number of methoxy groups -OCH3 is 3. The fourth-order valence-corrected chi connectivity index (χ4v) is 2.10. The Labute approximate surface area is 130 Å². The molecule has 0 aliphatic rings. The van der Waals surface area contributed by atoms with E-state index in [4.69, 9.17) is 4.74 Å². The zero-order valence-corrected chi connectivity index (χ0v) is 13.4. The van der Waals surface area contributed by atoms with Crippen molar-refractivity contribution in [1.82, 2.24) is 0 Å². The molecule has 0 heterocycles. The van der Waals surface area contributed by atoms with Gasteiger partial charge in [-0.2, -0.15) is 0 Å². The first-order chi connectivity index (χ1) is 10.6. The first-order valence-electron chi connectivity index (χ1n) is 7.06. The Morgan fingerprint density at radius 2 is 1.59 bits per heavy atom. The summed E-state index contributed by atoms with van der Waals surface area (Å²) in [4.78, 5) is 23.3. The molecule has 0 saturated carbocycles. The van der Waals surface area contributed by atoms with Gasteiger partial charge in [0, 0.05) is 0 Å². The molecule has 0 unspecified atom stereocenters. The number of carbonyl (C=O) groups excluding carboxylic acids is 2. The molecule has 0 saturated heterocycles. The molecule has 120 valence electrons. The summed E-state index contributed by atoms with van der Waals surface area (Å²) in [5, 5.41) is 0. The van der Waals surface area contributed by atoms with Crippen molar-refractivity contribution in [2.24, 2.45) is 5.92 Å². The monoisotopic (exact) mass is 306 g/mol. The Kier molecular flexibility index (Phi) is 7.16. The van der Waals surface area contributed by atoms with Gasteiger partial charge in [0.2, 0.25) is 0 Å². The molecule has 0 aliphatic heterocycles. The second kappa shape index (κ2) is 8.87. The Hall–Kier alpha value is -2.30. The van der Waals surface area contributed by atoms with E-state index in [1.165, 1.54) is 14.2 Å². The number of hydrogen-bond donors (Lipinski definition) is 0. The van der Waals surface area contributed by atoms with E-state index in [-0.39, 0.29) is 6.42 Å². The quantitative estimate of drug-likeness (QED) is 0.572. The highest BCUT2D eigenvalue weighted by Crippen LogP contribution is 2.23. The molecule has 1 rings (SSSR count). The maximum absolute atomic E-state index is 11.7. The average molecular weight is 306 g/mol. The first kappa shape index (κ1) is 17.8. The molecule has 1 aromatic rings. The van der Waals surface area contributed by atoms with Crippen LogP contribution in [0.4, 0.5) is 0 Å². The smallest absolute Gasteiger partial charge is 0.320 e. The molecule has 5 nitrogen and oxygen atoms in total. The Morgan fingerprint density at radius 1 is 1.05 bits per heavy atom. The van der Waals surface area contributed by atoms with Gasteiger partial charge in [0.15, 0.2) is 5.92 Å². The van der Waals surface area contributed by atoms with Crippen molar-refractivity contribution >= 4 is 17.5 Å². The van der Waals surface area contributed by atoms with Crippen molar-refractivity contribution in [1.29, 1.82) is 0 Å². The van der Waals surface area contributed by atoms with Gasteiger partial charge in [0.05, 0.1) is 21.3 Å². The summed E-state index contributed by atoms with van der Waals surface area (Å²) in [6, 6.07) is 7.63. The minimum Gasteiger partial charge on any atom is -0.497 e. The zero-order valence-electron chi connectivity index (χ0n) is 13.4. The topological polar surface area (TPSA) is 61.8 Å². The van der Waals surface area contributed by atoms with E-state index in [2.05, 4.69) is 9.47 Å². The largest absolute Gasteiger partial charge is 0.497 e. The van der Waals surface area contributed by atoms with Gasteiger partial charge in [0.1, 0.15) is 5.75 Å². The molecule has 22 heavy (non-hydrogen) atoms. The van der Waals surface area contributed by atoms with Crippen LogP contribution in [0.25, 0.3) is 5.57 Å². The summed E-state index contributed by atoms with van der Waals surface area (Å²) in [6.45, 7) is 2.02. The zero-order chi connectivity index (χ0) is 16.5. The fraction of sp³-hybridized carbons (Fsp3) is 0.412. The molecular formula is C17H22O5. The Morgan fingerprint density at radius 3 is 2.00 bits per heavy atom. The Bertz CT molecular complexity index is 514. The van der Waals surface area contributed by atoms with Crippen molar-refractivity contribution < 1.29 is 23.8 Å². The van der Waals surface area contributed by atoms with E-state index in [1.807, 2.05) is 37.3 Å². The van der Waals surface area contributed by atoms with E-state index in [0.29, 0.717) is 0 Å². The lowest BCUT2D eigenvalue weighted by Crippen LogP contribution is -2.26. The van der Waals surface area contributed by atoms with Gasteiger partial charge < -0.3 is 14.2 Å². The van der Waals surface area contributed by atoms with Gasteiger partial charge >= 0.3 is 11.9 Å². The molecule has 0 spiro atoms. The maximum Gasteiger partial charge on any atom is 0.320 e. The summed E-state index contributed by atoms with van der Waals surface area (Å²) >= 11 is 0. The van der Waals surface area contributed by atoms with Crippen LogP contribution in [-0.4, -0.2) is 33.3 Å². The van der Waals surface area contributed by atoms with Crippen molar-refractivity contribution in [3.05, 3.63) is 35.9 Å². The molecule has 0 bridgehead atoms. The molecule has 0 aliphatic carbocycles. The van der Waals surface area contributed by atoms with Gasteiger partial charge in [-0.15, -0.1) is 0 Å². The normalized spacial score (nSPS) is 11.2. The number of carbonyl (C=O) groups is 2. The predicted octanol–water partition coefficient (Wildman–Crippen LogP) is 2.84. The van der Waals surface area contributed by atoms with Gasteiger partial charge in [0.25, 0.3) is 0 Å². The van der Waals surface area contributed by atoms with Crippen LogP contribution in [0.5, 0.6) is 5.75 Å². The van der Waals surface area contributed by atoms with E-state index >= 15 is 0 Å². The average Bonchev–Trinajstić information content (AvgIpc) is 2.57. The third-order valence-corrected chi connectivity index (χ3v) is 3.41. The second-order valence-electron chi connectivity index (χ2n) is 4.65. The van der Waals surface area contributed by atoms with Crippen molar-refractivity contribution in [2.45, 2.75) is 19.8 Å². The summed E-state index contributed by atoms with van der Waals surface area (Å²) in [7, 11) is 4.13. The maximum atomic E-state index is 11.7. The number of rotatable bonds is 7. The van der Waals surface area contributed by atoms with E-state index in [0.717, 1.165) is 23.3 Å². The van der Waals surface area contributed by atoms with Crippen molar-refractivity contribution in [2.75, 3.05) is 21.3 Å². The molecular weight excluding hydrogens is 284 g/mol. The number of ether oxygens (including phenoxy) is 3. The first-order valence-corrected chi connectivity index (χ1v) is 7.06. The van der Waals surface area contributed by atoms with Gasteiger partial charge in [-0.05, 0) is 36.1 Å². The summed E-state index contributed by atoms with van der Waals surface area (Å²) < 4.78 is 14.4. The molecule has 0 fully saturated rings. The Balaban J connectivity index is 2.94. The molecule has 0 N–H and O–H groups in total. The summed E-state index contributed by atoms with van der Waals surface area (Å²) in [6.07, 6.45) is 2.90. The standard InChI is InChI=1S/C17H22O5/c1-5-12(13-6-9-14(20-2)10-7-13)8-11-15(16(18)21-3)17(19)22-4/h6-10,15H,5,11H2,1-4H3/b12-8+. The molecule has 0 radical (unpaired) electrons. The highest BCUT2D eigenvalue weighted by molar-refractivity contribution is 5.95. The van der Waals surface area contributed by atoms with Crippen LogP contribution in [0.15, 0.2) is 30.3 Å². The lowest BCUT2D eigenvalue weighted by molar-refractivity contribution is -0.158. The highest BCUT2D eigenvalue weighted by atomic mass is 16.5. The lowest BCUT2D eigenvalue weighted by atomic mass is 9.98. The van der Waals surface area contributed by atoms with Crippen LogP contribution in [0.1, 0.15) is 25.3 Å². The van der Waals surface area contributed by atoms with Crippen LogP contribution in [-0.2, 0) is 19.1 Å². The molecule has 1 aromatic carbocycles. The van der Waals surface area contributed by atoms with Crippen molar-refractivity contribution in [3.63, 3.8) is 0 Å². The molecule has 5 heteroatoms. The van der Waals surface area contributed by atoms with Crippen LogP contribution in [0, 0.1) is 5.92 Å². The summed E-state index contributed by atoms with van der Waals surface area (Å²) in [5.41, 5.74) is 2.07. The third-order valence-electron chi connectivity index (χ3n) is 3.41. The van der Waals surface area contributed by atoms with Crippen LogP contribution in [0.2, 0.25) is 0 Å². The number of hydrogen-bond acceptors (Lipinski definition) is 5. The number of benzene rings is 1. The number of esters is 2. The lowest BCUT2D eigenvalue weighted by Gasteiger charge is -2.12. The van der Waals surface area contributed by atoms with Gasteiger partial charge in [-0.1, -0.05) is 25.1 Å². The summed E-state index contributed by atoms with van der Waals surface area (Å²) in [5.74, 6) is -1.34. The third kappa shape index (κ3) is 4.62. The van der Waals surface area contributed by atoms with E-state index < -0.39 is 17.9 Å². The molecule has 0 aromatic heterocycles. The SMILES string of the molecule is CC/C(=C\CC(C(=O)OC)C(=O)OC)c1ccc(OC)cc1. The van der Waals surface area contributed by atoms with Crippen LogP contribution in [0.3, 0.4) is 0 Å². The van der Waals surface area contributed by atoms with E-state index in [9.17, 15) is 9.59 Å². The molecule has 0 amide bonds. The minimum atomic E-state index is -0.935. The second-order valence-corrected chi connectivity index (χ2v) is 4.65. The predicted molar refractivity (Wildman–Crippen MR) is 83.4 cm³/mol. The van der Waals surface area contributed by atoms with Crippen LogP contribution < -0.4 is 4.74 Å². The molecule has 0 atom stereocenters. The van der Waals surface area contributed by atoms with Gasteiger partial charge in [-0.25, -0.2) is 0 Å². The van der Waals surface area contributed by atoms with Crippen molar-refractivity contribution in [3.8, 4) is 5.75 Å². The van der Waals surface area contributed by atoms with E-state index in [1.54, 1.807) is 7.11 Å². The minimum absolute atomic E-state index is 0.245. The fourth-order valence-electron chi connectivity index (χ4n) is 2.10. The van der Waals surface area contributed by atoms with Gasteiger partial charge in [-0.3, -0.25) is 9.59 Å². The number of allylic oxidation sites excluding steroid dienone is 2. The highest BCUT2D eigenvalue weighted by Gasteiger charge is 2.27.